The number of esters is 1. The fourth-order valence-corrected chi connectivity index (χ4v) is 4.25. The van der Waals surface area contributed by atoms with Gasteiger partial charge in [0.1, 0.15) is 0 Å². The number of hydrogen-bond donors (Lipinski definition) is 3. The third-order valence-electron chi connectivity index (χ3n) is 4.59. The molecular weight excluding hydrogens is 402 g/mol. The summed E-state index contributed by atoms with van der Waals surface area (Å²) in [6, 6.07) is 2.04. The highest BCUT2D eigenvalue weighted by molar-refractivity contribution is 7.86. The molecule has 11 heteroatoms. The molecule has 154 valence electrons. The topological polar surface area (TPSA) is 156 Å². The van der Waals surface area contributed by atoms with E-state index in [1.54, 1.807) is 13.0 Å². The zero-order valence-electron chi connectivity index (χ0n) is 15.6. The molecule has 29 heavy (non-hydrogen) atoms. The number of amides is 2. The van der Waals surface area contributed by atoms with Crippen molar-refractivity contribution in [3.63, 3.8) is 0 Å². The number of allylic oxidation sites excluding steroid dienone is 1. The van der Waals surface area contributed by atoms with E-state index in [4.69, 9.17) is 10.5 Å². The Bertz CT molecular complexity index is 1080. The molecule has 2 amide bonds. The van der Waals surface area contributed by atoms with Gasteiger partial charge in [-0.3, -0.25) is 18.9 Å². The number of primary amides is 1. The maximum atomic E-state index is 13.1. The lowest BCUT2D eigenvalue weighted by Crippen LogP contribution is -2.46. The minimum atomic E-state index is -4.68. The fraction of sp³-hybridized carbons (Fsp3) is 0.278. The van der Waals surface area contributed by atoms with E-state index in [9.17, 15) is 27.4 Å². The monoisotopic (exact) mass is 421 g/mol. The number of rotatable bonds is 4. The van der Waals surface area contributed by atoms with Gasteiger partial charge in [-0.05, 0) is 30.5 Å². The lowest BCUT2D eigenvalue weighted by atomic mass is 10.1. The smallest absolute Gasteiger partial charge is 0.308 e. The molecule has 0 aliphatic carbocycles. The SMILES string of the molecule is CC(=O)Oc1c(C)ccc2c1NC(S(=O)(=O)O)C1CC(C=CC(N)=O)=CN1C2=O. The molecule has 0 spiro atoms. The minimum absolute atomic E-state index is 0.00449. The van der Waals surface area contributed by atoms with Crippen LogP contribution in [0.5, 0.6) is 5.75 Å². The molecule has 10 nitrogen and oxygen atoms in total. The first-order valence-corrected chi connectivity index (χ1v) is 10.0. The number of carbonyl (C=O) groups is 3. The van der Waals surface area contributed by atoms with Crippen LogP contribution in [0.4, 0.5) is 5.69 Å². The highest BCUT2D eigenvalue weighted by Gasteiger charge is 2.45. The Hall–Kier alpha value is -3.18. The molecule has 0 saturated heterocycles. The molecule has 2 aliphatic rings. The predicted molar refractivity (Wildman–Crippen MR) is 102 cm³/mol. The molecule has 1 aromatic rings. The maximum Gasteiger partial charge on any atom is 0.308 e. The first-order valence-electron chi connectivity index (χ1n) is 8.54. The molecular formula is C18H19N3O7S. The third kappa shape index (κ3) is 4.00. The van der Waals surface area contributed by atoms with Crippen molar-refractivity contribution in [3.05, 3.63) is 47.2 Å². The van der Waals surface area contributed by atoms with Gasteiger partial charge in [0.15, 0.2) is 11.1 Å². The van der Waals surface area contributed by atoms with Crippen molar-refractivity contribution < 1.29 is 32.1 Å². The largest absolute Gasteiger partial charge is 0.424 e. The number of carbonyl (C=O) groups excluding carboxylic acids is 3. The van der Waals surface area contributed by atoms with Crippen molar-refractivity contribution in [1.82, 2.24) is 4.90 Å². The molecule has 4 N–H and O–H groups in total. The fourth-order valence-electron chi connectivity index (χ4n) is 3.36. The molecule has 1 aromatic carbocycles. The second-order valence-electron chi connectivity index (χ2n) is 6.73. The van der Waals surface area contributed by atoms with Crippen LogP contribution in [0.1, 0.15) is 29.3 Å². The van der Waals surface area contributed by atoms with E-state index in [2.05, 4.69) is 5.32 Å². The number of fused-ring (bicyclic) bond motifs is 2. The van der Waals surface area contributed by atoms with Gasteiger partial charge in [-0.15, -0.1) is 0 Å². The van der Waals surface area contributed by atoms with Gasteiger partial charge in [0.2, 0.25) is 5.91 Å². The van der Waals surface area contributed by atoms with E-state index >= 15 is 0 Å². The van der Waals surface area contributed by atoms with Crippen LogP contribution in [-0.4, -0.2) is 47.1 Å². The molecule has 2 atom stereocenters. The molecule has 3 rings (SSSR count). The van der Waals surface area contributed by atoms with Crippen molar-refractivity contribution >= 4 is 33.6 Å². The van der Waals surface area contributed by atoms with E-state index in [0.29, 0.717) is 11.1 Å². The Morgan fingerprint density at radius 1 is 1.38 bits per heavy atom. The molecule has 0 bridgehead atoms. The molecule has 2 unspecified atom stereocenters. The molecule has 2 heterocycles. The van der Waals surface area contributed by atoms with Gasteiger partial charge in [-0.25, -0.2) is 0 Å². The van der Waals surface area contributed by atoms with Crippen LogP contribution in [0.15, 0.2) is 36.1 Å². The molecule has 2 aliphatic heterocycles. The molecule has 0 radical (unpaired) electrons. The van der Waals surface area contributed by atoms with E-state index in [1.165, 1.54) is 30.2 Å². The van der Waals surface area contributed by atoms with Crippen molar-refractivity contribution in [3.8, 4) is 5.75 Å². The Morgan fingerprint density at radius 3 is 2.66 bits per heavy atom. The Labute approximate surface area is 166 Å². The number of nitrogens with one attached hydrogen (secondary N) is 1. The first-order chi connectivity index (χ1) is 13.5. The number of anilines is 1. The lowest BCUT2D eigenvalue weighted by molar-refractivity contribution is -0.131. The quantitative estimate of drug-likeness (QED) is 0.278. The molecule has 0 saturated carbocycles. The van der Waals surface area contributed by atoms with Gasteiger partial charge >= 0.3 is 5.97 Å². The van der Waals surface area contributed by atoms with Gasteiger partial charge in [0.05, 0.1) is 17.3 Å². The van der Waals surface area contributed by atoms with Crippen molar-refractivity contribution in [2.24, 2.45) is 5.73 Å². The summed E-state index contributed by atoms with van der Waals surface area (Å²) in [7, 11) is -4.68. The lowest BCUT2D eigenvalue weighted by Gasteiger charge is -2.26. The summed E-state index contributed by atoms with van der Waals surface area (Å²) in [5.74, 6) is -1.89. The standard InChI is InChI=1S/C18H19N3O7S/c1-9-3-5-12-15(16(9)28-10(2)22)20-17(29(25,26)27)13-7-11(4-6-14(19)23)8-21(13)18(12)24/h3-6,8,13,17,20H,7H2,1-2H3,(H2,19,23)(H,25,26,27). The number of nitrogens with zero attached hydrogens (tertiary/aromatic N) is 1. The van der Waals surface area contributed by atoms with E-state index < -0.39 is 39.3 Å². The van der Waals surface area contributed by atoms with Gasteiger partial charge < -0.3 is 20.7 Å². The first kappa shape index (κ1) is 20.6. The average molecular weight is 421 g/mol. The van der Waals surface area contributed by atoms with Gasteiger partial charge in [-0.2, -0.15) is 8.42 Å². The second-order valence-corrected chi connectivity index (χ2v) is 8.27. The summed E-state index contributed by atoms with van der Waals surface area (Å²) in [5.41, 5.74) is 6.13. The van der Waals surface area contributed by atoms with Crippen LogP contribution in [0.3, 0.4) is 0 Å². The number of ether oxygens (including phenoxy) is 1. The van der Waals surface area contributed by atoms with Crippen LogP contribution in [-0.2, 0) is 19.7 Å². The van der Waals surface area contributed by atoms with Crippen molar-refractivity contribution in [2.45, 2.75) is 31.7 Å². The summed E-state index contributed by atoms with van der Waals surface area (Å²) in [4.78, 5) is 36.8. The van der Waals surface area contributed by atoms with Gasteiger partial charge in [0.25, 0.3) is 16.0 Å². The highest BCUT2D eigenvalue weighted by Crippen LogP contribution is 2.40. The number of nitrogens with two attached hydrogens (primary N) is 1. The summed E-state index contributed by atoms with van der Waals surface area (Å²) in [6.45, 7) is 2.81. The highest BCUT2D eigenvalue weighted by atomic mass is 32.2. The molecule has 0 fully saturated rings. The minimum Gasteiger partial charge on any atom is -0.424 e. The van der Waals surface area contributed by atoms with Gasteiger partial charge in [-0.1, -0.05) is 12.1 Å². The summed E-state index contributed by atoms with van der Waals surface area (Å²) >= 11 is 0. The van der Waals surface area contributed by atoms with Crippen LogP contribution < -0.4 is 15.8 Å². The van der Waals surface area contributed by atoms with Crippen LogP contribution >= 0.6 is 0 Å². The zero-order chi connectivity index (χ0) is 21.5. The second kappa shape index (κ2) is 7.33. The Balaban J connectivity index is 2.17. The van der Waals surface area contributed by atoms with E-state index in [-0.39, 0.29) is 23.4 Å². The van der Waals surface area contributed by atoms with Crippen LogP contribution in [0.2, 0.25) is 0 Å². The summed E-state index contributed by atoms with van der Waals surface area (Å²) in [5, 5.41) is 1.08. The number of benzene rings is 1. The normalized spacial score (nSPS) is 21.1. The third-order valence-corrected chi connectivity index (χ3v) is 5.66. The van der Waals surface area contributed by atoms with Crippen molar-refractivity contribution in [1.29, 1.82) is 0 Å². The summed E-state index contributed by atoms with van der Waals surface area (Å²) < 4.78 is 39.3. The van der Waals surface area contributed by atoms with Crippen molar-refractivity contribution in [2.75, 3.05) is 5.32 Å². The van der Waals surface area contributed by atoms with Crippen LogP contribution in [0, 0.1) is 6.92 Å². The van der Waals surface area contributed by atoms with Gasteiger partial charge in [0, 0.05) is 19.2 Å². The maximum absolute atomic E-state index is 13.1. The summed E-state index contributed by atoms with van der Waals surface area (Å²) in [6.07, 6.45) is 3.91. The van der Waals surface area contributed by atoms with Crippen LogP contribution in [0.25, 0.3) is 0 Å². The number of hydrogen-bond acceptors (Lipinski definition) is 7. The Kier molecular flexibility index (Phi) is 5.20. The molecule has 0 aromatic heterocycles. The Morgan fingerprint density at radius 2 is 2.07 bits per heavy atom. The van der Waals surface area contributed by atoms with E-state index in [0.717, 1.165) is 6.08 Å². The average Bonchev–Trinajstić information content (AvgIpc) is 2.97. The predicted octanol–water partition coefficient (Wildman–Crippen LogP) is 0.700. The van der Waals surface area contributed by atoms with E-state index in [1.807, 2.05) is 0 Å². The zero-order valence-corrected chi connectivity index (χ0v) is 16.4. The number of aryl methyl sites for hydroxylation is 1.